The van der Waals surface area contributed by atoms with Crippen molar-refractivity contribution in [3.8, 4) is 5.75 Å². The molecule has 0 radical (unpaired) electrons. The van der Waals surface area contributed by atoms with Gasteiger partial charge in [-0.05, 0) is 49.6 Å². The Balaban J connectivity index is 1.40. The van der Waals surface area contributed by atoms with Crippen LogP contribution in [0.1, 0.15) is 23.1 Å². The van der Waals surface area contributed by atoms with E-state index in [1.807, 2.05) is 62.4 Å². The average molecular weight is 441 g/mol. The first kappa shape index (κ1) is 20.8. The summed E-state index contributed by atoms with van der Waals surface area (Å²) in [6.07, 6.45) is 0.406. The molecule has 1 amide bonds. The van der Waals surface area contributed by atoms with Gasteiger partial charge in [0.2, 0.25) is 5.91 Å². The van der Waals surface area contributed by atoms with Crippen LogP contribution in [0.25, 0.3) is 32.9 Å². The standard InChI is InChI=1S/C27H23NO5/c1-15-8-9-17-16(2)18(27(30)33-23(17)12-15)10-11-26(29)28-21-14-24-20(13-25(21)31-3)19-6-4-5-7-22(19)32-24/h4-9,12-14H,10-11H2,1-3H3,(H,28,29). The van der Waals surface area contributed by atoms with Crippen LogP contribution in [-0.2, 0) is 11.2 Å². The van der Waals surface area contributed by atoms with Crippen molar-refractivity contribution in [1.82, 2.24) is 0 Å². The number of ether oxygens (including phenoxy) is 1. The summed E-state index contributed by atoms with van der Waals surface area (Å²) in [4.78, 5) is 25.3. The smallest absolute Gasteiger partial charge is 0.339 e. The second-order valence-electron chi connectivity index (χ2n) is 8.19. The molecule has 5 aromatic rings. The number of aryl methyl sites for hydroxylation is 2. The summed E-state index contributed by atoms with van der Waals surface area (Å²) in [5.41, 5.74) is 4.49. The second kappa shape index (κ2) is 8.13. The van der Waals surface area contributed by atoms with Gasteiger partial charge in [0.25, 0.3) is 0 Å². The van der Waals surface area contributed by atoms with Gasteiger partial charge in [-0.15, -0.1) is 0 Å². The fourth-order valence-electron chi connectivity index (χ4n) is 4.26. The van der Waals surface area contributed by atoms with Crippen molar-refractivity contribution in [3.05, 3.63) is 81.7 Å². The molecule has 6 heteroatoms. The number of nitrogens with one attached hydrogen (secondary N) is 1. The zero-order chi connectivity index (χ0) is 23.1. The number of para-hydroxylation sites is 1. The van der Waals surface area contributed by atoms with Crippen LogP contribution in [0.2, 0.25) is 0 Å². The van der Waals surface area contributed by atoms with E-state index in [0.717, 1.165) is 32.9 Å². The Hall–Kier alpha value is -4.06. The van der Waals surface area contributed by atoms with Crippen molar-refractivity contribution >= 4 is 44.5 Å². The van der Waals surface area contributed by atoms with E-state index in [1.165, 1.54) is 0 Å². The van der Waals surface area contributed by atoms with Gasteiger partial charge in [-0.25, -0.2) is 4.79 Å². The highest BCUT2D eigenvalue weighted by molar-refractivity contribution is 6.07. The lowest BCUT2D eigenvalue weighted by molar-refractivity contribution is -0.116. The Morgan fingerprint density at radius 1 is 0.909 bits per heavy atom. The first-order valence-electron chi connectivity index (χ1n) is 10.8. The zero-order valence-electron chi connectivity index (χ0n) is 18.7. The fraction of sp³-hybridized carbons (Fsp3) is 0.185. The van der Waals surface area contributed by atoms with Gasteiger partial charge in [0, 0.05) is 34.2 Å². The molecule has 0 aliphatic carbocycles. The van der Waals surface area contributed by atoms with Crippen molar-refractivity contribution < 1.29 is 18.4 Å². The molecule has 0 saturated carbocycles. The highest BCUT2D eigenvalue weighted by atomic mass is 16.5. The van der Waals surface area contributed by atoms with Crippen LogP contribution in [0, 0.1) is 13.8 Å². The molecule has 2 heterocycles. The molecule has 0 fully saturated rings. The van der Waals surface area contributed by atoms with E-state index in [4.69, 9.17) is 13.6 Å². The summed E-state index contributed by atoms with van der Waals surface area (Å²) in [5.74, 6) is 0.311. The Kier molecular flexibility index (Phi) is 5.13. The minimum Gasteiger partial charge on any atom is -0.495 e. The molecular weight excluding hydrogens is 418 g/mol. The third-order valence-electron chi connectivity index (χ3n) is 6.02. The number of rotatable bonds is 5. The molecule has 0 aliphatic rings. The average Bonchev–Trinajstić information content (AvgIpc) is 3.15. The number of carbonyl (C=O) groups is 1. The van der Waals surface area contributed by atoms with Crippen LogP contribution in [0.5, 0.6) is 5.75 Å². The van der Waals surface area contributed by atoms with Crippen LogP contribution in [0.3, 0.4) is 0 Å². The molecule has 5 rings (SSSR count). The summed E-state index contributed by atoms with van der Waals surface area (Å²) in [5, 5.41) is 5.68. The monoisotopic (exact) mass is 441 g/mol. The molecule has 0 bridgehead atoms. The number of fused-ring (bicyclic) bond motifs is 4. The van der Waals surface area contributed by atoms with Gasteiger partial charge < -0.3 is 18.9 Å². The molecule has 166 valence electrons. The quantitative estimate of drug-likeness (QED) is 0.344. The number of anilines is 1. The van der Waals surface area contributed by atoms with E-state index in [1.54, 1.807) is 13.2 Å². The topological polar surface area (TPSA) is 81.7 Å². The van der Waals surface area contributed by atoms with Crippen molar-refractivity contribution in [2.24, 2.45) is 0 Å². The Morgan fingerprint density at radius 2 is 1.70 bits per heavy atom. The second-order valence-corrected chi connectivity index (χ2v) is 8.19. The fourth-order valence-corrected chi connectivity index (χ4v) is 4.26. The van der Waals surface area contributed by atoms with E-state index in [9.17, 15) is 9.59 Å². The summed E-state index contributed by atoms with van der Waals surface area (Å²) in [6, 6.07) is 17.2. The number of hydrogen-bond donors (Lipinski definition) is 1. The van der Waals surface area contributed by atoms with Crippen molar-refractivity contribution in [1.29, 1.82) is 0 Å². The van der Waals surface area contributed by atoms with Gasteiger partial charge in [-0.3, -0.25) is 4.79 Å². The minimum absolute atomic E-state index is 0.129. The third kappa shape index (κ3) is 3.74. The van der Waals surface area contributed by atoms with E-state index in [-0.39, 0.29) is 18.7 Å². The largest absolute Gasteiger partial charge is 0.495 e. The summed E-state index contributed by atoms with van der Waals surface area (Å²) in [7, 11) is 1.56. The normalized spacial score (nSPS) is 11.4. The minimum atomic E-state index is -0.403. The first-order chi connectivity index (χ1) is 15.9. The number of carbonyl (C=O) groups excluding carboxylic acids is 1. The molecule has 0 atom stereocenters. The Morgan fingerprint density at radius 3 is 2.52 bits per heavy atom. The Labute approximate surface area is 189 Å². The lowest BCUT2D eigenvalue weighted by Gasteiger charge is -2.11. The van der Waals surface area contributed by atoms with Gasteiger partial charge in [0.15, 0.2) is 0 Å². The number of methoxy groups -OCH3 is 1. The van der Waals surface area contributed by atoms with Gasteiger partial charge >= 0.3 is 5.63 Å². The maximum atomic E-state index is 12.8. The van der Waals surface area contributed by atoms with Crippen molar-refractivity contribution in [2.75, 3.05) is 12.4 Å². The van der Waals surface area contributed by atoms with Gasteiger partial charge in [-0.2, -0.15) is 0 Å². The van der Waals surface area contributed by atoms with Gasteiger partial charge in [0.05, 0.1) is 12.8 Å². The predicted molar refractivity (Wildman–Crippen MR) is 129 cm³/mol. The van der Waals surface area contributed by atoms with Crippen molar-refractivity contribution in [2.45, 2.75) is 26.7 Å². The molecule has 0 saturated heterocycles. The van der Waals surface area contributed by atoms with Crippen molar-refractivity contribution in [3.63, 3.8) is 0 Å². The maximum Gasteiger partial charge on any atom is 0.339 e. The summed E-state index contributed by atoms with van der Waals surface area (Å²) in [6.45, 7) is 3.84. The predicted octanol–water partition coefficient (Wildman–Crippen LogP) is 5.89. The molecule has 0 spiro atoms. The third-order valence-corrected chi connectivity index (χ3v) is 6.02. The number of furan rings is 1. The van der Waals surface area contributed by atoms with Gasteiger partial charge in [0.1, 0.15) is 22.5 Å². The number of amides is 1. The number of hydrogen-bond acceptors (Lipinski definition) is 5. The van der Waals surface area contributed by atoms with E-state index < -0.39 is 5.63 Å². The molecule has 0 unspecified atom stereocenters. The summed E-state index contributed by atoms with van der Waals surface area (Å²) >= 11 is 0. The lowest BCUT2D eigenvalue weighted by atomic mass is 10.0. The SMILES string of the molecule is COc1cc2c(cc1NC(=O)CCc1c(C)c3ccc(C)cc3oc1=O)oc1ccccc12. The molecule has 3 aromatic carbocycles. The van der Waals surface area contributed by atoms with E-state index in [2.05, 4.69) is 5.32 Å². The highest BCUT2D eigenvalue weighted by Crippen LogP contribution is 2.36. The van der Waals surface area contributed by atoms with Crippen LogP contribution in [-0.4, -0.2) is 13.0 Å². The van der Waals surface area contributed by atoms with Crippen LogP contribution >= 0.6 is 0 Å². The summed E-state index contributed by atoms with van der Waals surface area (Å²) < 4.78 is 16.9. The molecule has 1 N–H and O–H groups in total. The maximum absolute atomic E-state index is 12.8. The van der Waals surface area contributed by atoms with Crippen LogP contribution < -0.4 is 15.7 Å². The molecule has 33 heavy (non-hydrogen) atoms. The first-order valence-corrected chi connectivity index (χ1v) is 10.8. The highest BCUT2D eigenvalue weighted by Gasteiger charge is 2.16. The van der Waals surface area contributed by atoms with Gasteiger partial charge in [-0.1, -0.05) is 30.3 Å². The Bertz CT molecular complexity index is 1590. The van der Waals surface area contributed by atoms with Crippen LogP contribution in [0.15, 0.2) is 68.2 Å². The molecule has 2 aromatic heterocycles. The van der Waals surface area contributed by atoms with Crippen LogP contribution in [0.4, 0.5) is 5.69 Å². The lowest BCUT2D eigenvalue weighted by Crippen LogP contribution is -2.17. The zero-order valence-corrected chi connectivity index (χ0v) is 18.7. The molecular formula is C27H23NO5. The van der Waals surface area contributed by atoms with E-state index >= 15 is 0 Å². The number of benzene rings is 3. The molecule has 6 nitrogen and oxygen atoms in total. The van der Waals surface area contributed by atoms with E-state index in [0.29, 0.717) is 28.2 Å². The molecule has 0 aliphatic heterocycles.